The number of nitrogens with one attached hydrogen (secondary N) is 1. The molecule has 2 atom stereocenters. The number of likely N-dealkylation sites (N-methyl/N-ethyl adjacent to an activating group) is 1. The van der Waals surface area contributed by atoms with Gasteiger partial charge in [0, 0.05) is 12.6 Å². The molecule has 1 heterocycles. The number of hydrogen-bond donors (Lipinski definition) is 1. The zero-order valence-corrected chi connectivity index (χ0v) is 8.09. The van der Waals surface area contributed by atoms with Crippen molar-refractivity contribution in [3.63, 3.8) is 0 Å². The van der Waals surface area contributed by atoms with Crippen molar-refractivity contribution < 1.29 is 0 Å². The highest BCUT2D eigenvalue weighted by atomic mass is 15.3. The summed E-state index contributed by atoms with van der Waals surface area (Å²) in [5, 5.41) is 3.56. The lowest BCUT2D eigenvalue weighted by atomic mass is 10.1. The Hall–Kier alpha value is -0.0800. The van der Waals surface area contributed by atoms with E-state index in [1.807, 2.05) is 0 Å². The fourth-order valence-electron chi connectivity index (χ4n) is 1.76. The van der Waals surface area contributed by atoms with Crippen molar-refractivity contribution in [1.82, 2.24) is 10.2 Å². The molecule has 1 rings (SSSR count). The molecule has 1 saturated heterocycles. The van der Waals surface area contributed by atoms with Gasteiger partial charge >= 0.3 is 0 Å². The van der Waals surface area contributed by atoms with E-state index in [0.29, 0.717) is 12.2 Å². The second-order valence-electron chi connectivity index (χ2n) is 4.15. The fourth-order valence-corrected chi connectivity index (χ4v) is 1.76. The SMILES string of the molecule is CC(C)CC1NC(C)CN1C. The summed E-state index contributed by atoms with van der Waals surface area (Å²) in [5.74, 6) is 0.792. The highest BCUT2D eigenvalue weighted by molar-refractivity contribution is 4.81. The third-order valence-corrected chi connectivity index (χ3v) is 2.27. The summed E-state index contributed by atoms with van der Waals surface area (Å²) in [6.45, 7) is 7.99. The van der Waals surface area contributed by atoms with Crippen molar-refractivity contribution >= 4 is 0 Å². The molecular weight excluding hydrogens is 136 g/mol. The second-order valence-corrected chi connectivity index (χ2v) is 4.15. The lowest BCUT2D eigenvalue weighted by Gasteiger charge is -2.20. The molecule has 1 N–H and O–H groups in total. The van der Waals surface area contributed by atoms with Gasteiger partial charge in [-0.15, -0.1) is 0 Å². The molecule has 0 radical (unpaired) electrons. The largest absolute Gasteiger partial charge is 0.298 e. The second kappa shape index (κ2) is 3.55. The van der Waals surface area contributed by atoms with E-state index in [4.69, 9.17) is 0 Å². The van der Waals surface area contributed by atoms with Crippen LogP contribution in [0.15, 0.2) is 0 Å². The molecule has 1 aliphatic rings. The summed E-state index contributed by atoms with van der Waals surface area (Å²) in [5.41, 5.74) is 0. The lowest BCUT2D eigenvalue weighted by molar-refractivity contribution is 0.256. The molecule has 0 amide bonds. The number of hydrogen-bond acceptors (Lipinski definition) is 2. The number of nitrogens with zero attached hydrogens (tertiary/aromatic N) is 1. The summed E-state index contributed by atoms with van der Waals surface area (Å²) in [7, 11) is 2.20. The topological polar surface area (TPSA) is 15.3 Å². The monoisotopic (exact) mass is 156 g/mol. The Morgan fingerprint density at radius 1 is 1.55 bits per heavy atom. The fraction of sp³-hybridized carbons (Fsp3) is 1.00. The highest BCUT2D eigenvalue weighted by Gasteiger charge is 2.25. The maximum atomic E-state index is 3.56. The van der Waals surface area contributed by atoms with Gasteiger partial charge in [-0.2, -0.15) is 0 Å². The van der Waals surface area contributed by atoms with E-state index in [0.717, 1.165) is 5.92 Å². The third kappa shape index (κ3) is 2.46. The molecule has 0 spiro atoms. The van der Waals surface area contributed by atoms with Crippen molar-refractivity contribution in [2.75, 3.05) is 13.6 Å². The third-order valence-electron chi connectivity index (χ3n) is 2.27. The van der Waals surface area contributed by atoms with Gasteiger partial charge in [0.1, 0.15) is 0 Å². The summed E-state index contributed by atoms with van der Waals surface area (Å²) >= 11 is 0. The van der Waals surface area contributed by atoms with Gasteiger partial charge in [-0.25, -0.2) is 0 Å². The Morgan fingerprint density at radius 2 is 2.18 bits per heavy atom. The van der Waals surface area contributed by atoms with Crippen molar-refractivity contribution in [2.45, 2.75) is 39.4 Å². The van der Waals surface area contributed by atoms with Crippen molar-refractivity contribution in [3.05, 3.63) is 0 Å². The molecule has 0 aromatic heterocycles. The minimum absolute atomic E-state index is 0.616. The molecule has 66 valence electrons. The Balaban J connectivity index is 2.34. The van der Waals surface area contributed by atoms with Crippen LogP contribution in [0.4, 0.5) is 0 Å². The minimum Gasteiger partial charge on any atom is -0.298 e. The van der Waals surface area contributed by atoms with Gasteiger partial charge in [-0.3, -0.25) is 10.2 Å². The van der Waals surface area contributed by atoms with Crippen LogP contribution in [0.3, 0.4) is 0 Å². The molecule has 0 aliphatic carbocycles. The van der Waals surface area contributed by atoms with E-state index >= 15 is 0 Å². The molecule has 0 aromatic rings. The maximum absolute atomic E-state index is 3.56. The first kappa shape index (κ1) is 9.01. The molecule has 0 bridgehead atoms. The predicted octanol–water partition coefficient (Wildman–Crippen LogP) is 1.28. The Morgan fingerprint density at radius 3 is 2.55 bits per heavy atom. The van der Waals surface area contributed by atoms with Crippen LogP contribution in [0.5, 0.6) is 0 Å². The van der Waals surface area contributed by atoms with E-state index < -0.39 is 0 Å². The van der Waals surface area contributed by atoms with E-state index in [1.165, 1.54) is 13.0 Å². The zero-order valence-electron chi connectivity index (χ0n) is 8.09. The minimum atomic E-state index is 0.616. The smallest absolute Gasteiger partial charge is 0.0600 e. The molecule has 0 saturated carbocycles. The van der Waals surface area contributed by atoms with Gasteiger partial charge in [-0.1, -0.05) is 13.8 Å². The average molecular weight is 156 g/mol. The lowest BCUT2D eigenvalue weighted by Crippen LogP contribution is -2.35. The molecule has 11 heavy (non-hydrogen) atoms. The van der Waals surface area contributed by atoms with E-state index in [1.54, 1.807) is 0 Å². The molecule has 2 heteroatoms. The molecule has 2 unspecified atom stereocenters. The van der Waals surface area contributed by atoms with Gasteiger partial charge in [0.05, 0.1) is 6.17 Å². The zero-order chi connectivity index (χ0) is 8.43. The van der Waals surface area contributed by atoms with Gasteiger partial charge < -0.3 is 0 Å². The average Bonchev–Trinajstić information content (AvgIpc) is 2.09. The van der Waals surface area contributed by atoms with Crippen LogP contribution in [-0.4, -0.2) is 30.7 Å². The predicted molar refractivity (Wildman–Crippen MR) is 48.5 cm³/mol. The molecular formula is C9H20N2. The standard InChI is InChI=1S/C9H20N2/c1-7(2)5-9-10-8(3)6-11(9)4/h7-10H,5-6H2,1-4H3. The molecule has 1 fully saturated rings. The summed E-state index contributed by atoms with van der Waals surface area (Å²) < 4.78 is 0. The number of rotatable bonds is 2. The van der Waals surface area contributed by atoms with Crippen LogP contribution in [0.1, 0.15) is 27.2 Å². The van der Waals surface area contributed by atoms with Crippen molar-refractivity contribution in [3.8, 4) is 0 Å². The Kier molecular flexibility index (Phi) is 2.90. The van der Waals surface area contributed by atoms with Crippen LogP contribution < -0.4 is 5.32 Å². The molecule has 0 aromatic carbocycles. The normalized spacial score (nSPS) is 33.5. The Bertz CT molecular complexity index is 123. The van der Waals surface area contributed by atoms with E-state index in [9.17, 15) is 0 Å². The molecule has 1 aliphatic heterocycles. The van der Waals surface area contributed by atoms with Crippen LogP contribution in [0, 0.1) is 5.92 Å². The first-order chi connectivity index (χ1) is 5.09. The van der Waals surface area contributed by atoms with Gasteiger partial charge in [0.15, 0.2) is 0 Å². The highest BCUT2D eigenvalue weighted by Crippen LogP contribution is 2.13. The van der Waals surface area contributed by atoms with Gasteiger partial charge in [0.25, 0.3) is 0 Å². The van der Waals surface area contributed by atoms with E-state index in [-0.39, 0.29) is 0 Å². The Labute approximate surface area is 70.0 Å². The van der Waals surface area contributed by atoms with Gasteiger partial charge in [0.2, 0.25) is 0 Å². The van der Waals surface area contributed by atoms with E-state index in [2.05, 4.69) is 38.0 Å². The van der Waals surface area contributed by atoms with Crippen molar-refractivity contribution in [1.29, 1.82) is 0 Å². The van der Waals surface area contributed by atoms with Crippen LogP contribution in [0.25, 0.3) is 0 Å². The maximum Gasteiger partial charge on any atom is 0.0600 e. The van der Waals surface area contributed by atoms with Crippen LogP contribution in [-0.2, 0) is 0 Å². The van der Waals surface area contributed by atoms with Crippen molar-refractivity contribution in [2.24, 2.45) is 5.92 Å². The molecule has 2 nitrogen and oxygen atoms in total. The first-order valence-corrected chi connectivity index (χ1v) is 4.56. The summed E-state index contributed by atoms with van der Waals surface area (Å²) in [6.07, 6.45) is 1.88. The summed E-state index contributed by atoms with van der Waals surface area (Å²) in [6, 6.07) is 0.670. The van der Waals surface area contributed by atoms with Gasteiger partial charge in [-0.05, 0) is 26.3 Å². The first-order valence-electron chi connectivity index (χ1n) is 4.56. The van der Waals surface area contributed by atoms with Crippen LogP contribution in [0.2, 0.25) is 0 Å². The van der Waals surface area contributed by atoms with Crippen LogP contribution >= 0.6 is 0 Å². The quantitative estimate of drug-likeness (QED) is 0.648. The summed E-state index contributed by atoms with van der Waals surface area (Å²) in [4.78, 5) is 2.41.